The van der Waals surface area contributed by atoms with E-state index in [0.29, 0.717) is 0 Å². The number of carbonyl (C=O) groups excluding carboxylic acids is 1. The molecule has 17 heavy (non-hydrogen) atoms. The first kappa shape index (κ1) is 13.9. The number of nitrogens with one attached hydrogen (secondary N) is 1. The second-order valence-corrected chi connectivity index (χ2v) is 4.53. The molecule has 0 spiro atoms. The Morgan fingerprint density at radius 2 is 2.24 bits per heavy atom. The van der Waals surface area contributed by atoms with Gasteiger partial charge in [-0.1, -0.05) is 0 Å². The number of benzene rings is 1. The van der Waals surface area contributed by atoms with Gasteiger partial charge in [0.05, 0.1) is 11.9 Å². The maximum Gasteiger partial charge on any atom is 0.230 e. The number of amides is 1. The molecule has 0 aliphatic heterocycles. The summed E-state index contributed by atoms with van der Waals surface area (Å²) in [5.41, 5.74) is 0. The van der Waals surface area contributed by atoms with Crippen LogP contribution in [0.25, 0.3) is 0 Å². The van der Waals surface area contributed by atoms with Gasteiger partial charge in [0.25, 0.3) is 0 Å². The summed E-state index contributed by atoms with van der Waals surface area (Å²) >= 11 is 0.980. The lowest BCUT2D eigenvalue weighted by Gasteiger charge is -2.07. The second-order valence-electron chi connectivity index (χ2n) is 3.52. The van der Waals surface area contributed by atoms with E-state index >= 15 is 0 Å². The van der Waals surface area contributed by atoms with Gasteiger partial charge < -0.3 is 10.4 Å². The van der Waals surface area contributed by atoms with Gasteiger partial charge in [0.15, 0.2) is 0 Å². The summed E-state index contributed by atoms with van der Waals surface area (Å²) in [6.45, 7) is 1.71. The summed E-state index contributed by atoms with van der Waals surface area (Å²) in [7, 11) is 0. The topological polar surface area (TPSA) is 49.3 Å². The third-order valence-electron chi connectivity index (χ3n) is 1.85. The first-order valence-corrected chi connectivity index (χ1v) is 6.00. The van der Waals surface area contributed by atoms with E-state index in [9.17, 15) is 13.6 Å². The quantitative estimate of drug-likeness (QED) is 0.791. The molecule has 0 heterocycles. The molecule has 0 saturated carbocycles. The third-order valence-corrected chi connectivity index (χ3v) is 2.90. The Kier molecular flexibility index (Phi) is 5.37. The van der Waals surface area contributed by atoms with Gasteiger partial charge in [-0.3, -0.25) is 4.79 Å². The van der Waals surface area contributed by atoms with Crippen molar-refractivity contribution in [2.75, 3.05) is 12.3 Å². The second kappa shape index (κ2) is 6.56. The van der Waals surface area contributed by atoms with Crippen molar-refractivity contribution in [1.29, 1.82) is 0 Å². The average molecular weight is 261 g/mol. The molecule has 6 heteroatoms. The van der Waals surface area contributed by atoms with E-state index in [2.05, 4.69) is 5.32 Å². The van der Waals surface area contributed by atoms with E-state index in [1.54, 1.807) is 6.92 Å². The van der Waals surface area contributed by atoms with Crippen LogP contribution in [-0.2, 0) is 4.79 Å². The van der Waals surface area contributed by atoms with Crippen molar-refractivity contribution in [3.63, 3.8) is 0 Å². The molecule has 0 aliphatic rings. The zero-order valence-electron chi connectivity index (χ0n) is 9.24. The van der Waals surface area contributed by atoms with Crippen LogP contribution in [0.15, 0.2) is 23.1 Å². The van der Waals surface area contributed by atoms with E-state index in [0.717, 1.165) is 23.9 Å². The Bertz CT molecular complexity index is 399. The Labute approximate surface area is 102 Å². The zero-order valence-corrected chi connectivity index (χ0v) is 10.1. The van der Waals surface area contributed by atoms with Crippen molar-refractivity contribution in [3.05, 3.63) is 29.8 Å². The predicted molar refractivity (Wildman–Crippen MR) is 61.8 cm³/mol. The summed E-state index contributed by atoms with van der Waals surface area (Å²) in [6.07, 6.45) is -0.619. The Balaban J connectivity index is 2.42. The molecule has 1 amide bonds. The standard InChI is InChI=1S/C11H13F2NO2S/c1-7(15)5-14-11(16)6-17-10-3-2-8(12)4-9(10)13/h2-4,7,15H,5-6H2,1H3,(H,14,16). The van der Waals surface area contributed by atoms with Gasteiger partial charge in [0.2, 0.25) is 5.91 Å². The van der Waals surface area contributed by atoms with Crippen LogP contribution in [-0.4, -0.2) is 29.4 Å². The van der Waals surface area contributed by atoms with Crippen LogP contribution < -0.4 is 5.32 Å². The fourth-order valence-corrected chi connectivity index (χ4v) is 1.80. The number of carbonyl (C=O) groups is 1. The van der Waals surface area contributed by atoms with Gasteiger partial charge in [0, 0.05) is 17.5 Å². The molecule has 0 aliphatic carbocycles. The molecule has 1 atom stereocenters. The predicted octanol–water partition coefficient (Wildman–Crippen LogP) is 1.55. The first-order valence-electron chi connectivity index (χ1n) is 5.01. The highest BCUT2D eigenvalue weighted by molar-refractivity contribution is 8.00. The van der Waals surface area contributed by atoms with Gasteiger partial charge >= 0.3 is 0 Å². The number of aliphatic hydroxyl groups excluding tert-OH is 1. The van der Waals surface area contributed by atoms with E-state index < -0.39 is 17.7 Å². The van der Waals surface area contributed by atoms with Crippen molar-refractivity contribution >= 4 is 17.7 Å². The molecular formula is C11H13F2NO2S. The largest absolute Gasteiger partial charge is 0.392 e. The van der Waals surface area contributed by atoms with Crippen LogP contribution >= 0.6 is 11.8 Å². The summed E-state index contributed by atoms with van der Waals surface area (Å²) in [4.78, 5) is 11.5. The van der Waals surface area contributed by atoms with Crippen LogP contribution in [0.2, 0.25) is 0 Å². The lowest BCUT2D eigenvalue weighted by molar-refractivity contribution is -0.118. The van der Waals surface area contributed by atoms with Gasteiger partial charge in [-0.15, -0.1) is 11.8 Å². The van der Waals surface area contributed by atoms with E-state index in [1.165, 1.54) is 6.07 Å². The Morgan fingerprint density at radius 3 is 2.82 bits per heavy atom. The molecule has 1 unspecified atom stereocenters. The molecule has 0 saturated heterocycles. The number of halogens is 2. The van der Waals surface area contributed by atoms with Crippen LogP contribution in [0.3, 0.4) is 0 Å². The van der Waals surface area contributed by atoms with Crippen molar-refractivity contribution in [2.45, 2.75) is 17.9 Å². The van der Waals surface area contributed by atoms with Gasteiger partial charge in [-0.25, -0.2) is 8.78 Å². The molecule has 0 aromatic heterocycles. The monoisotopic (exact) mass is 261 g/mol. The molecule has 2 N–H and O–H groups in total. The minimum absolute atomic E-state index is 0.0231. The van der Waals surface area contributed by atoms with Crippen LogP contribution in [0.4, 0.5) is 8.78 Å². The first-order chi connectivity index (χ1) is 7.99. The van der Waals surface area contributed by atoms with Crippen LogP contribution in [0, 0.1) is 11.6 Å². The zero-order chi connectivity index (χ0) is 12.8. The smallest absolute Gasteiger partial charge is 0.230 e. The highest BCUT2D eigenvalue weighted by Crippen LogP contribution is 2.21. The average Bonchev–Trinajstić information content (AvgIpc) is 2.25. The molecule has 3 nitrogen and oxygen atoms in total. The summed E-state index contributed by atoms with van der Waals surface area (Å²) in [5.74, 6) is -1.61. The van der Waals surface area contributed by atoms with Crippen molar-refractivity contribution in [1.82, 2.24) is 5.32 Å². The molecule has 0 bridgehead atoms. The number of hydrogen-bond donors (Lipinski definition) is 2. The highest BCUT2D eigenvalue weighted by Gasteiger charge is 2.08. The van der Waals surface area contributed by atoms with Gasteiger partial charge in [-0.05, 0) is 19.1 Å². The van der Waals surface area contributed by atoms with Gasteiger partial charge in [0.1, 0.15) is 11.6 Å². The summed E-state index contributed by atoms with van der Waals surface area (Å²) < 4.78 is 25.8. The number of rotatable bonds is 5. The molecule has 0 fully saturated rings. The lowest BCUT2D eigenvalue weighted by atomic mass is 10.3. The lowest BCUT2D eigenvalue weighted by Crippen LogP contribution is -2.31. The van der Waals surface area contributed by atoms with Crippen molar-refractivity contribution < 1.29 is 18.7 Å². The summed E-state index contributed by atoms with van der Waals surface area (Å²) in [6, 6.07) is 3.20. The van der Waals surface area contributed by atoms with Gasteiger partial charge in [-0.2, -0.15) is 0 Å². The van der Waals surface area contributed by atoms with Crippen molar-refractivity contribution in [2.24, 2.45) is 0 Å². The molecule has 94 valence electrons. The van der Waals surface area contributed by atoms with E-state index in [-0.39, 0.29) is 23.1 Å². The maximum absolute atomic E-state index is 13.2. The molecule has 1 aromatic rings. The minimum Gasteiger partial charge on any atom is -0.392 e. The molecule has 0 radical (unpaired) electrons. The Morgan fingerprint density at radius 1 is 1.53 bits per heavy atom. The van der Waals surface area contributed by atoms with Crippen LogP contribution in [0.1, 0.15) is 6.92 Å². The molecule has 1 aromatic carbocycles. The number of thioether (sulfide) groups is 1. The van der Waals surface area contributed by atoms with E-state index in [1.807, 2.05) is 0 Å². The maximum atomic E-state index is 13.2. The van der Waals surface area contributed by atoms with E-state index in [4.69, 9.17) is 5.11 Å². The Hall–Kier alpha value is -1.14. The third kappa shape index (κ3) is 5.14. The number of aliphatic hydroxyl groups is 1. The fraction of sp³-hybridized carbons (Fsp3) is 0.364. The fourth-order valence-electron chi connectivity index (χ4n) is 1.05. The SMILES string of the molecule is CC(O)CNC(=O)CSc1ccc(F)cc1F. The molecular weight excluding hydrogens is 248 g/mol. The van der Waals surface area contributed by atoms with Crippen LogP contribution in [0.5, 0.6) is 0 Å². The normalized spacial score (nSPS) is 12.2. The highest BCUT2D eigenvalue weighted by atomic mass is 32.2. The molecule has 1 rings (SSSR count). The van der Waals surface area contributed by atoms with Crippen molar-refractivity contribution in [3.8, 4) is 0 Å². The number of hydrogen-bond acceptors (Lipinski definition) is 3. The summed E-state index contributed by atoms with van der Waals surface area (Å²) in [5, 5.41) is 11.4. The minimum atomic E-state index is -0.682.